The molecule has 0 aromatic rings. The number of carbonyl (C=O) groups excluding carboxylic acids is 3. The third-order valence-electron chi connectivity index (χ3n) is 4.53. The largest absolute Gasteiger partial charge is 0.466 e. The monoisotopic (exact) mass is 372 g/mol. The van der Waals surface area contributed by atoms with Crippen LogP contribution >= 0.6 is 0 Å². The van der Waals surface area contributed by atoms with Crippen molar-refractivity contribution in [3.8, 4) is 0 Å². The van der Waals surface area contributed by atoms with Crippen molar-refractivity contribution in [2.24, 2.45) is 0 Å². The van der Waals surface area contributed by atoms with Crippen LogP contribution in [0.5, 0.6) is 0 Å². The fourth-order valence-electron chi connectivity index (χ4n) is 2.69. The Morgan fingerprint density at radius 2 is 1.56 bits per heavy atom. The minimum Gasteiger partial charge on any atom is -0.466 e. The maximum Gasteiger partial charge on any atom is 0.420 e. The average Bonchev–Trinajstić information content (AvgIpc) is 2.63. The maximum atomic E-state index is 12.7. The quantitative estimate of drug-likeness (QED) is 0.180. The Hall–Kier alpha value is -1.83. The summed E-state index contributed by atoms with van der Waals surface area (Å²) in [6.07, 6.45) is -0.217. The molecular weight excluding hydrogens is 344 g/mol. The van der Waals surface area contributed by atoms with Crippen LogP contribution in [-0.2, 0) is 28.3 Å². The normalized spacial score (nSPS) is 13.4. The molecule has 0 spiro atoms. The maximum absolute atomic E-state index is 12.7. The van der Waals surface area contributed by atoms with Gasteiger partial charge in [0.25, 0.3) is 5.60 Å². The van der Waals surface area contributed by atoms with Gasteiger partial charge in [0.15, 0.2) is 8.32 Å². The van der Waals surface area contributed by atoms with Crippen LogP contribution in [0.2, 0.25) is 18.1 Å². The second kappa shape index (κ2) is 10.2. The Balaban J connectivity index is 6.46. The zero-order valence-electron chi connectivity index (χ0n) is 15.9. The molecule has 25 heavy (non-hydrogen) atoms. The number of Topliss-reactive ketones (excluding diaryl/α,β-unsaturated/α-hetero) is 1. The number of rotatable bonds is 11. The molecule has 0 aliphatic heterocycles. The topological polar surface area (TPSA) is 115 Å². The van der Waals surface area contributed by atoms with Crippen molar-refractivity contribution >= 4 is 31.8 Å². The van der Waals surface area contributed by atoms with E-state index in [1.807, 2.05) is 20.8 Å². The van der Waals surface area contributed by atoms with Gasteiger partial charge in [0.05, 0.1) is 14.2 Å². The van der Waals surface area contributed by atoms with Crippen LogP contribution in [-0.4, -0.2) is 56.4 Å². The second-order valence-electron chi connectivity index (χ2n) is 5.81. The SMILES string of the molecule is CC[Si](CC)(CC)O[C@@](CCC(C)=O)(C(=O)OC)C(=[N+]=[N-])C(=O)OC. The molecule has 0 fully saturated rings. The van der Waals surface area contributed by atoms with Crippen LogP contribution < -0.4 is 0 Å². The standard InChI is InChI=1S/C16H28N2O6Si/c1-7-25(8-2,9-3)24-16(15(21)23-6,11-10-12(4)19)13(18-17)14(20)22-5/h7-11H2,1-6H3/t16-/m1/s1. The van der Waals surface area contributed by atoms with E-state index in [0.29, 0.717) is 18.1 Å². The van der Waals surface area contributed by atoms with E-state index >= 15 is 0 Å². The van der Waals surface area contributed by atoms with Gasteiger partial charge in [-0.2, -0.15) is 4.79 Å². The minimum absolute atomic E-state index is 0.0489. The summed E-state index contributed by atoms with van der Waals surface area (Å²) in [6.45, 7) is 7.19. The molecule has 1 atom stereocenters. The van der Waals surface area contributed by atoms with E-state index < -0.39 is 31.6 Å². The molecule has 0 saturated carbocycles. The van der Waals surface area contributed by atoms with Gasteiger partial charge < -0.3 is 24.2 Å². The van der Waals surface area contributed by atoms with E-state index in [2.05, 4.69) is 9.53 Å². The van der Waals surface area contributed by atoms with Gasteiger partial charge in [-0.25, -0.2) is 9.59 Å². The Morgan fingerprint density at radius 3 is 1.88 bits per heavy atom. The van der Waals surface area contributed by atoms with Crippen LogP contribution in [0.4, 0.5) is 0 Å². The van der Waals surface area contributed by atoms with Gasteiger partial charge in [-0.1, -0.05) is 20.8 Å². The molecule has 0 radical (unpaired) electrons. The molecule has 8 nitrogen and oxygen atoms in total. The number of esters is 2. The first-order valence-electron chi connectivity index (χ1n) is 8.31. The fraction of sp³-hybridized carbons (Fsp3) is 0.750. The van der Waals surface area contributed by atoms with Crippen molar-refractivity contribution in [1.82, 2.24) is 0 Å². The molecule has 0 bridgehead atoms. The van der Waals surface area contributed by atoms with E-state index in [1.54, 1.807) is 0 Å². The Labute approximate surface area is 149 Å². The number of ketones is 1. The number of ether oxygens (including phenoxy) is 2. The van der Waals surface area contributed by atoms with Crippen LogP contribution in [0, 0.1) is 0 Å². The molecule has 0 N–H and O–H groups in total. The highest BCUT2D eigenvalue weighted by Crippen LogP contribution is 2.33. The summed E-state index contributed by atoms with van der Waals surface area (Å²) in [5.41, 5.74) is 6.84. The van der Waals surface area contributed by atoms with Gasteiger partial charge in [0.2, 0.25) is 0 Å². The lowest BCUT2D eigenvalue weighted by Gasteiger charge is -2.37. The van der Waals surface area contributed by atoms with Gasteiger partial charge >= 0.3 is 17.7 Å². The van der Waals surface area contributed by atoms with Crippen molar-refractivity contribution in [2.45, 2.75) is 64.3 Å². The number of nitrogens with zero attached hydrogens (tertiary/aromatic N) is 2. The van der Waals surface area contributed by atoms with E-state index in [1.165, 1.54) is 6.92 Å². The highest BCUT2D eigenvalue weighted by Gasteiger charge is 2.59. The zero-order valence-corrected chi connectivity index (χ0v) is 16.9. The van der Waals surface area contributed by atoms with E-state index in [0.717, 1.165) is 14.2 Å². The summed E-state index contributed by atoms with van der Waals surface area (Å²) < 4.78 is 15.8. The Morgan fingerprint density at radius 1 is 1.04 bits per heavy atom. The minimum atomic E-state index is -2.45. The summed E-state index contributed by atoms with van der Waals surface area (Å²) in [5, 5.41) is 0. The first kappa shape index (κ1) is 23.2. The zero-order chi connectivity index (χ0) is 19.7. The van der Waals surface area contributed by atoms with Crippen LogP contribution in [0.3, 0.4) is 0 Å². The molecular formula is C16H28N2O6Si. The van der Waals surface area contributed by atoms with E-state index in [-0.39, 0.29) is 18.6 Å². The number of hydrogen-bond donors (Lipinski definition) is 0. The van der Waals surface area contributed by atoms with E-state index in [4.69, 9.17) is 9.16 Å². The van der Waals surface area contributed by atoms with Gasteiger partial charge in [-0.15, -0.1) is 0 Å². The average molecular weight is 372 g/mol. The summed E-state index contributed by atoms with van der Waals surface area (Å²) in [7, 11) is -0.205. The molecule has 0 aromatic carbocycles. The summed E-state index contributed by atoms with van der Waals surface area (Å²) in [6, 6.07) is 2.04. The van der Waals surface area contributed by atoms with Crippen LogP contribution in [0.15, 0.2) is 0 Å². The molecule has 0 aliphatic carbocycles. The molecule has 0 saturated heterocycles. The predicted octanol–water partition coefficient (Wildman–Crippen LogP) is 2.13. The number of methoxy groups -OCH3 is 2. The second-order valence-corrected chi connectivity index (χ2v) is 10.5. The smallest absolute Gasteiger partial charge is 0.420 e. The number of carbonyl (C=O) groups is 3. The molecule has 0 heterocycles. The molecule has 0 aromatic heterocycles. The van der Waals surface area contributed by atoms with Gasteiger partial charge in [-0.05, 0) is 25.1 Å². The van der Waals surface area contributed by atoms with Crippen molar-refractivity contribution in [2.75, 3.05) is 14.2 Å². The summed E-state index contributed by atoms with van der Waals surface area (Å²) in [4.78, 5) is 39.3. The third kappa shape index (κ3) is 5.32. The highest BCUT2D eigenvalue weighted by atomic mass is 28.4. The van der Waals surface area contributed by atoms with Gasteiger partial charge in [0.1, 0.15) is 5.78 Å². The lowest BCUT2D eigenvalue weighted by Crippen LogP contribution is -2.59. The third-order valence-corrected chi connectivity index (χ3v) is 9.18. The van der Waals surface area contributed by atoms with Crippen molar-refractivity contribution in [1.29, 1.82) is 0 Å². The van der Waals surface area contributed by atoms with Crippen molar-refractivity contribution in [3.63, 3.8) is 0 Å². The Bertz CT molecular complexity index is 547. The molecule has 0 amide bonds. The summed E-state index contributed by atoms with van der Waals surface area (Å²) in [5.74, 6) is -2.10. The molecule has 0 rings (SSSR count). The Kier molecular flexibility index (Phi) is 9.47. The lowest BCUT2D eigenvalue weighted by atomic mass is 9.91. The van der Waals surface area contributed by atoms with Gasteiger partial charge in [-0.3, -0.25) is 0 Å². The lowest BCUT2D eigenvalue weighted by molar-refractivity contribution is -0.161. The number of hydrogen-bond acceptors (Lipinski definition) is 6. The molecule has 0 aliphatic rings. The summed E-state index contributed by atoms with van der Waals surface area (Å²) >= 11 is 0. The van der Waals surface area contributed by atoms with Crippen molar-refractivity contribution < 1.29 is 33.1 Å². The molecule has 0 unspecified atom stereocenters. The van der Waals surface area contributed by atoms with Crippen LogP contribution in [0.25, 0.3) is 5.53 Å². The van der Waals surface area contributed by atoms with Crippen LogP contribution in [0.1, 0.15) is 40.5 Å². The van der Waals surface area contributed by atoms with Gasteiger partial charge in [0, 0.05) is 12.8 Å². The highest BCUT2D eigenvalue weighted by molar-refractivity contribution is 6.74. The predicted molar refractivity (Wildman–Crippen MR) is 93.6 cm³/mol. The first-order valence-corrected chi connectivity index (χ1v) is 10.8. The first-order chi connectivity index (χ1) is 11.7. The van der Waals surface area contributed by atoms with Crippen molar-refractivity contribution in [3.05, 3.63) is 5.53 Å². The van der Waals surface area contributed by atoms with E-state index in [9.17, 15) is 19.9 Å². The molecule has 9 heteroatoms. The fourth-order valence-corrected chi connectivity index (χ4v) is 5.65. The molecule has 142 valence electrons.